The fourth-order valence-electron chi connectivity index (χ4n) is 1.21. The van der Waals surface area contributed by atoms with Crippen molar-refractivity contribution in [2.24, 2.45) is 5.73 Å². The Kier molecular flexibility index (Phi) is 1.92. The minimum atomic E-state index is -0.512. The van der Waals surface area contributed by atoms with Crippen LogP contribution in [0.15, 0.2) is 0 Å². The lowest BCUT2D eigenvalue weighted by Gasteiger charge is -2.03. The van der Waals surface area contributed by atoms with E-state index in [4.69, 9.17) is 5.73 Å². The lowest BCUT2D eigenvalue weighted by molar-refractivity contribution is 0.244. The Morgan fingerprint density at radius 3 is 2.44 bits per heavy atom. The summed E-state index contributed by atoms with van der Waals surface area (Å²) in [5, 5.41) is 3.72. The van der Waals surface area contributed by atoms with Crippen LogP contribution in [-0.4, -0.2) is 12.1 Å². The highest BCUT2D eigenvalue weighted by Gasteiger charge is 2.16. The third kappa shape index (κ3) is 1.91. The molecule has 9 heavy (non-hydrogen) atoms. The first-order valence-electron chi connectivity index (χ1n) is 3.29. The normalized spacial score (nSPS) is 20.0. The molecule has 0 unspecified atom stereocenters. The van der Waals surface area contributed by atoms with Crippen molar-refractivity contribution in [3.05, 3.63) is 0 Å². The number of urea groups is 1. The predicted octanol–water partition coefficient (Wildman–Crippen LogP) is 0.612. The lowest BCUT2D eigenvalue weighted by Crippen LogP contribution is -2.29. The molecule has 0 aromatic carbocycles. The third-order valence-corrected chi connectivity index (χ3v) is 1.63. The summed E-state index contributed by atoms with van der Waals surface area (Å²) < 4.78 is 0. The summed E-state index contributed by atoms with van der Waals surface area (Å²) in [4.78, 5) is 10.2. The largest absolute Gasteiger partial charge is 0.350 e. The maximum atomic E-state index is 10.2. The Hall–Kier alpha value is -0.730. The van der Waals surface area contributed by atoms with Crippen LogP contribution in [0.25, 0.3) is 0 Å². The number of carbonyl (C=O) groups is 1. The standard InChI is InChI=1S/C6H11N2O/c7-6(9)8-5-3-1-2-4-5/h5H,1-4H2,(H2,7,9). The molecule has 2 N–H and O–H groups in total. The topological polar surface area (TPSA) is 57.2 Å². The van der Waals surface area contributed by atoms with E-state index in [1.807, 2.05) is 0 Å². The number of hydrogen-bond acceptors (Lipinski definition) is 1. The highest BCUT2D eigenvalue weighted by atomic mass is 16.2. The van der Waals surface area contributed by atoms with E-state index in [1.54, 1.807) is 0 Å². The smallest absolute Gasteiger partial charge is 0.334 e. The van der Waals surface area contributed by atoms with Gasteiger partial charge in [-0.15, -0.1) is 0 Å². The van der Waals surface area contributed by atoms with Crippen LogP contribution in [0.5, 0.6) is 0 Å². The predicted molar refractivity (Wildman–Crippen MR) is 34.0 cm³/mol. The third-order valence-electron chi connectivity index (χ3n) is 1.63. The van der Waals surface area contributed by atoms with Crippen molar-refractivity contribution < 1.29 is 4.79 Å². The summed E-state index contributed by atoms with van der Waals surface area (Å²) in [5.74, 6) is 0. The molecule has 1 rings (SSSR count). The van der Waals surface area contributed by atoms with Crippen LogP contribution in [-0.2, 0) is 0 Å². The van der Waals surface area contributed by atoms with E-state index in [0.717, 1.165) is 12.8 Å². The maximum Gasteiger partial charge on any atom is 0.334 e. The van der Waals surface area contributed by atoms with E-state index in [9.17, 15) is 4.79 Å². The van der Waals surface area contributed by atoms with Crippen LogP contribution in [0, 0.1) is 0 Å². The number of nitrogens with two attached hydrogens (primary N) is 1. The number of rotatable bonds is 1. The molecule has 1 radical (unpaired) electrons. The molecule has 0 saturated heterocycles. The van der Waals surface area contributed by atoms with E-state index in [2.05, 4.69) is 5.32 Å². The van der Waals surface area contributed by atoms with Crippen LogP contribution in [0.1, 0.15) is 25.7 Å². The van der Waals surface area contributed by atoms with E-state index < -0.39 is 6.03 Å². The molecule has 2 amide bonds. The van der Waals surface area contributed by atoms with Gasteiger partial charge >= 0.3 is 6.03 Å². The number of primary amides is 1. The molecule has 1 aliphatic carbocycles. The summed E-state index contributed by atoms with van der Waals surface area (Å²) in [6.45, 7) is 0. The second-order valence-electron chi connectivity index (χ2n) is 2.41. The Labute approximate surface area is 54.6 Å². The molecule has 3 nitrogen and oxygen atoms in total. The summed E-state index contributed by atoms with van der Waals surface area (Å²) in [7, 11) is 0. The van der Waals surface area contributed by atoms with Gasteiger partial charge in [0, 0.05) is 0 Å². The van der Waals surface area contributed by atoms with Crippen LogP contribution in [0.3, 0.4) is 0 Å². The van der Waals surface area contributed by atoms with Crippen molar-refractivity contribution in [2.75, 3.05) is 0 Å². The van der Waals surface area contributed by atoms with Gasteiger partial charge in [0.1, 0.15) is 0 Å². The van der Waals surface area contributed by atoms with Crippen molar-refractivity contribution in [2.45, 2.75) is 31.7 Å². The summed E-state index contributed by atoms with van der Waals surface area (Å²) >= 11 is 0. The van der Waals surface area contributed by atoms with Crippen molar-refractivity contribution >= 4 is 6.03 Å². The van der Waals surface area contributed by atoms with Gasteiger partial charge in [-0.05, 0) is 12.8 Å². The Bertz CT molecular complexity index is 108. The molecule has 0 bridgehead atoms. The average Bonchev–Trinajstić information content (AvgIpc) is 2.15. The number of hydrogen-bond donors (Lipinski definition) is 1. The van der Waals surface area contributed by atoms with E-state index >= 15 is 0 Å². The zero-order valence-corrected chi connectivity index (χ0v) is 5.34. The van der Waals surface area contributed by atoms with Crippen LogP contribution >= 0.6 is 0 Å². The monoisotopic (exact) mass is 127 g/mol. The second-order valence-corrected chi connectivity index (χ2v) is 2.41. The van der Waals surface area contributed by atoms with E-state index in [1.165, 1.54) is 12.8 Å². The molecule has 0 aliphatic heterocycles. The van der Waals surface area contributed by atoms with Crippen LogP contribution < -0.4 is 11.1 Å². The number of nitrogens with zero attached hydrogens (tertiary/aromatic N) is 1. The van der Waals surface area contributed by atoms with Gasteiger partial charge < -0.3 is 5.73 Å². The van der Waals surface area contributed by atoms with Gasteiger partial charge in [0.05, 0.1) is 6.04 Å². The molecule has 3 heteroatoms. The Morgan fingerprint density at radius 2 is 2.00 bits per heavy atom. The van der Waals surface area contributed by atoms with E-state index in [-0.39, 0.29) is 6.04 Å². The van der Waals surface area contributed by atoms with Gasteiger partial charge in [0.15, 0.2) is 0 Å². The van der Waals surface area contributed by atoms with Crippen LogP contribution in [0.2, 0.25) is 0 Å². The maximum absolute atomic E-state index is 10.2. The molecular formula is C6H11N2O. The van der Waals surface area contributed by atoms with Gasteiger partial charge in [-0.1, -0.05) is 12.8 Å². The molecule has 0 spiro atoms. The molecule has 0 aromatic heterocycles. The summed E-state index contributed by atoms with van der Waals surface area (Å²) in [6.07, 6.45) is 4.48. The van der Waals surface area contributed by atoms with Gasteiger partial charge in [0.25, 0.3) is 0 Å². The van der Waals surface area contributed by atoms with Gasteiger partial charge in [0.2, 0.25) is 0 Å². The first-order chi connectivity index (χ1) is 4.29. The number of carbonyl (C=O) groups excluding carboxylic acids is 1. The molecule has 0 heterocycles. The van der Waals surface area contributed by atoms with E-state index in [0.29, 0.717) is 0 Å². The first-order valence-corrected chi connectivity index (χ1v) is 3.29. The van der Waals surface area contributed by atoms with Gasteiger partial charge in [-0.25, -0.2) is 10.1 Å². The zero-order chi connectivity index (χ0) is 6.69. The quantitative estimate of drug-likeness (QED) is 0.551. The average molecular weight is 127 g/mol. The van der Waals surface area contributed by atoms with Crippen molar-refractivity contribution in [1.82, 2.24) is 5.32 Å². The highest BCUT2D eigenvalue weighted by molar-refractivity contribution is 5.71. The van der Waals surface area contributed by atoms with Crippen molar-refractivity contribution in [3.8, 4) is 0 Å². The Balaban J connectivity index is 2.19. The highest BCUT2D eigenvalue weighted by Crippen LogP contribution is 2.17. The van der Waals surface area contributed by atoms with Crippen molar-refractivity contribution in [3.63, 3.8) is 0 Å². The molecular weight excluding hydrogens is 116 g/mol. The molecule has 0 atom stereocenters. The first kappa shape index (κ1) is 6.39. The van der Waals surface area contributed by atoms with Crippen molar-refractivity contribution in [1.29, 1.82) is 0 Å². The molecule has 1 aliphatic rings. The van der Waals surface area contributed by atoms with Crippen LogP contribution in [0.4, 0.5) is 4.79 Å². The fraction of sp³-hybridized carbons (Fsp3) is 0.833. The van der Waals surface area contributed by atoms with Gasteiger partial charge in [-0.3, -0.25) is 0 Å². The molecule has 51 valence electrons. The number of amides is 2. The summed E-state index contributed by atoms with van der Waals surface area (Å²) in [5.41, 5.74) is 4.87. The molecule has 1 fully saturated rings. The minimum absolute atomic E-state index is 0.238. The van der Waals surface area contributed by atoms with Gasteiger partial charge in [-0.2, -0.15) is 0 Å². The zero-order valence-electron chi connectivity index (χ0n) is 5.34. The lowest BCUT2D eigenvalue weighted by atomic mass is 10.3. The molecule has 1 saturated carbocycles. The summed E-state index contributed by atoms with van der Waals surface area (Å²) in [6, 6.07) is -0.274. The minimum Gasteiger partial charge on any atom is -0.350 e. The fourth-order valence-corrected chi connectivity index (χ4v) is 1.21. The second kappa shape index (κ2) is 2.71. The molecule has 0 aromatic rings. The Morgan fingerprint density at radius 1 is 1.44 bits per heavy atom. The SMILES string of the molecule is NC(=O)[N]C1CCCC1.